The van der Waals surface area contributed by atoms with Crippen LogP contribution in [-0.2, 0) is 9.53 Å². The molecule has 2 aromatic carbocycles. The third-order valence-electron chi connectivity index (χ3n) is 5.66. The Morgan fingerprint density at radius 3 is 2.68 bits per heavy atom. The molecule has 4 rings (SSSR count). The maximum absolute atomic E-state index is 13.8. The van der Waals surface area contributed by atoms with Gasteiger partial charge in [-0.15, -0.1) is 0 Å². The Kier molecular flexibility index (Phi) is 7.75. The molecule has 3 aromatic rings. The topological polar surface area (TPSA) is 99.4 Å². The molecule has 1 aliphatic rings. The van der Waals surface area contributed by atoms with Gasteiger partial charge in [-0.1, -0.05) is 41.1 Å². The minimum atomic E-state index is -0.801. The lowest BCUT2D eigenvalue weighted by atomic mass is 9.95. The number of phenolic OH excluding ortho intramolecular Hbond substituents is 1. The van der Waals surface area contributed by atoms with Crippen molar-refractivity contribution in [3.63, 3.8) is 0 Å². The van der Waals surface area contributed by atoms with Crippen molar-refractivity contribution < 1.29 is 24.1 Å². The Bertz CT molecular complexity index is 1570. The number of carbonyl (C=O) groups excluding carboxylic acids is 1. The van der Waals surface area contributed by atoms with Gasteiger partial charge in [0.15, 0.2) is 16.3 Å². The first-order chi connectivity index (χ1) is 17.7. The summed E-state index contributed by atoms with van der Waals surface area (Å²) in [6, 6.07) is 9.64. The van der Waals surface area contributed by atoms with Gasteiger partial charge in [-0.05, 0) is 57.5 Å². The Morgan fingerprint density at radius 2 is 2.00 bits per heavy atom. The summed E-state index contributed by atoms with van der Waals surface area (Å²) in [5.41, 5.74) is 1.60. The molecule has 1 aromatic heterocycles. The van der Waals surface area contributed by atoms with Crippen molar-refractivity contribution in [1.82, 2.24) is 4.57 Å². The van der Waals surface area contributed by atoms with Crippen molar-refractivity contribution in [2.45, 2.75) is 39.8 Å². The molecule has 1 aliphatic heterocycles. The van der Waals surface area contributed by atoms with E-state index in [9.17, 15) is 14.7 Å². The lowest BCUT2D eigenvalue weighted by Crippen LogP contribution is -2.40. The highest BCUT2D eigenvalue weighted by molar-refractivity contribution is 7.07. The van der Waals surface area contributed by atoms with E-state index in [0.717, 1.165) is 0 Å². The summed E-state index contributed by atoms with van der Waals surface area (Å²) in [4.78, 5) is 32.0. The maximum atomic E-state index is 13.8. The molecule has 0 saturated heterocycles. The number of phenols is 1. The number of thiazole rings is 1. The molecule has 0 bridgehead atoms. The second-order valence-corrected chi connectivity index (χ2v) is 9.98. The van der Waals surface area contributed by atoms with Crippen LogP contribution in [0.1, 0.15) is 44.9 Å². The average molecular weight is 543 g/mol. The van der Waals surface area contributed by atoms with Gasteiger partial charge in [0.25, 0.3) is 5.56 Å². The van der Waals surface area contributed by atoms with Crippen LogP contribution < -0.4 is 24.4 Å². The summed E-state index contributed by atoms with van der Waals surface area (Å²) in [7, 11) is 1.42. The molecule has 8 nitrogen and oxygen atoms in total. The number of allylic oxidation sites excluding steroid dienone is 1. The van der Waals surface area contributed by atoms with Crippen molar-refractivity contribution in [2.24, 2.45) is 4.99 Å². The summed E-state index contributed by atoms with van der Waals surface area (Å²) in [5.74, 6) is 0.0184. The highest BCUT2D eigenvalue weighted by Crippen LogP contribution is 2.37. The number of benzene rings is 2. The van der Waals surface area contributed by atoms with Crippen LogP contribution in [0.5, 0.6) is 17.2 Å². The Labute approximate surface area is 222 Å². The molecule has 0 aliphatic carbocycles. The second-order valence-electron chi connectivity index (χ2n) is 8.56. The number of carbonyl (C=O) groups is 1. The molecule has 0 spiro atoms. The van der Waals surface area contributed by atoms with Gasteiger partial charge < -0.3 is 19.3 Å². The van der Waals surface area contributed by atoms with Crippen molar-refractivity contribution >= 4 is 35.0 Å². The molecule has 37 heavy (non-hydrogen) atoms. The summed E-state index contributed by atoms with van der Waals surface area (Å²) >= 11 is 7.33. The molecule has 0 saturated carbocycles. The van der Waals surface area contributed by atoms with Crippen LogP contribution in [0.25, 0.3) is 6.08 Å². The number of ether oxygens (including phenoxy) is 3. The zero-order chi connectivity index (χ0) is 26.9. The van der Waals surface area contributed by atoms with Crippen molar-refractivity contribution in [3.8, 4) is 17.2 Å². The van der Waals surface area contributed by atoms with Crippen molar-refractivity contribution in [1.29, 1.82) is 0 Å². The predicted molar refractivity (Wildman–Crippen MR) is 142 cm³/mol. The zero-order valence-electron chi connectivity index (χ0n) is 21.1. The molecule has 10 heteroatoms. The molecular formula is C27H27ClN2O6S. The largest absolute Gasteiger partial charge is 0.503 e. The molecule has 194 valence electrons. The number of methoxy groups -OCH3 is 1. The van der Waals surface area contributed by atoms with E-state index < -0.39 is 12.0 Å². The lowest BCUT2D eigenvalue weighted by molar-refractivity contribution is -0.139. The fraction of sp³-hybridized carbons (Fsp3) is 0.296. The van der Waals surface area contributed by atoms with Crippen LogP contribution in [0.4, 0.5) is 0 Å². The van der Waals surface area contributed by atoms with Gasteiger partial charge in [-0.25, -0.2) is 9.79 Å². The van der Waals surface area contributed by atoms with E-state index in [1.165, 1.54) is 29.1 Å². The number of aromatic hydroxyl groups is 1. The summed E-state index contributed by atoms with van der Waals surface area (Å²) in [6.45, 7) is 7.46. The normalized spacial score (nSPS) is 15.4. The van der Waals surface area contributed by atoms with Crippen LogP contribution in [0, 0.1) is 0 Å². The van der Waals surface area contributed by atoms with Gasteiger partial charge in [0.05, 0.1) is 40.6 Å². The Balaban J connectivity index is 1.98. The molecule has 1 N–H and O–H groups in total. The van der Waals surface area contributed by atoms with Crippen molar-refractivity contribution in [2.75, 3.05) is 13.7 Å². The van der Waals surface area contributed by atoms with Gasteiger partial charge in [-0.2, -0.15) is 0 Å². The van der Waals surface area contributed by atoms with E-state index in [0.29, 0.717) is 31.9 Å². The van der Waals surface area contributed by atoms with E-state index in [-0.39, 0.29) is 40.4 Å². The number of nitrogens with zero attached hydrogens (tertiary/aromatic N) is 2. The number of rotatable bonds is 7. The second kappa shape index (κ2) is 10.8. The summed E-state index contributed by atoms with van der Waals surface area (Å²) < 4.78 is 18.5. The first kappa shape index (κ1) is 26.5. The Morgan fingerprint density at radius 1 is 1.27 bits per heavy atom. The number of hydrogen-bond donors (Lipinski definition) is 1. The van der Waals surface area contributed by atoms with E-state index >= 15 is 0 Å². The van der Waals surface area contributed by atoms with Crippen LogP contribution in [0.2, 0.25) is 5.02 Å². The number of aromatic nitrogens is 1. The van der Waals surface area contributed by atoms with Gasteiger partial charge in [-0.3, -0.25) is 9.36 Å². The minimum absolute atomic E-state index is 0.0939. The van der Waals surface area contributed by atoms with Crippen LogP contribution in [0.3, 0.4) is 0 Å². The first-order valence-electron chi connectivity index (χ1n) is 11.7. The monoisotopic (exact) mass is 542 g/mol. The summed E-state index contributed by atoms with van der Waals surface area (Å²) in [6.07, 6.45) is 1.52. The van der Waals surface area contributed by atoms with Gasteiger partial charge in [0, 0.05) is 5.56 Å². The van der Waals surface area contributed by atoms with E-state index in [1.54, 1.807) is 26.0 Å². The Hall–Kier alpha value is -3.56. The zero-order valence-corrected chi connectivity index (χ0v) is 22.6. The molecule has 0 unspecified atom stereocenters. The summed E-state index contributed by atoms with van der Waals surface area (Å²) in [5, 5.41) is 10.2. The van der Waals surface area contributed by atoms with Crippen molar-refractivity contribution in [3.05, 3.63) is 83.5 Å². The maximum Gasteiger partial charge on any atom is 0.338 e. The molecule has 0 fully saturated rings. The molecular weight excluding hydrogens is 516 g/mol. The smallest absolute Gasteiger partial charge is 0.338 e. The predicted octanol–water partition coefficient (Wildman–Crippen LogP) is 3.95. The highest BCUT2D eigenvalue weighted by atomic mass is 35.5. The van der Waals surface area contributed by atoms with Gasteiger partial charge >= 0.3 is 5.97 Å². The number of esters is 1. The van der Waals surface area contributed by atoms with Crippen LogP contribution in [-0.4, -0.2) is 35.5 Å². The first-order valence-corrected chi connectivity index (χ1v) is 12.9. The molecule has 1 atom stereocenters. The standard InChI is InChI=1S/C27H27ClN2O6S/c1-6-35-26(33)22-15(4)29-27-30(23(22)17-9-7-8-10-19(17)36-14(2)3)25(32)21(37-27)13-16-11-18(28)24(31)20(12-16)34-5/h7-14,23,31H,6H2,1-5H3/b21-13+/t23-/m0/s1. The fourth-order valence-corrected chi connectivity index (χ4v) is 5.40. The molecule has 0 radical (unpaired) electrons. The highest BCUT2D eigenvalue weighted by Gasteiger charge is 2.35. The average Bonchev–Trinajstić information content (AvgIpc) is 3.14. The number of halogens is 1. The van der Waals surface area contributed by atoms with Gasteiger partial charge in [0.1, 0.15) is 11.8 Å². The van der Waals surface area contributed by atoms with Crippen LogP contribution >= 0.6 is 22.9 Å². The van der Waals surface area contributed by atoms with E-state index in [4.69, 9.17) is 25.8 Å². The SMILES string of the molecule is CCOC(=O)C1=C(C)N=c2s/c(=C/c3cc(Cl)c(O)c(OC)c3)c(=O)n2[C@H]1c1ccccc1OC(C)C. The fourth-order valence-electron chi connectivity index (χ4n) is 4.14. The number of fused-ring (bicyclic) bond motifs is 1. The quantitative estimate of drug-likeness (QED) is 0.454. The number of hydrogen-bond acceptors (Lipinski definition) is 8. The van der Waals surface area contributed by atoms with Crippen LogP contribution in [0.15, 0.2) is 57.5 Å². The third kappa shape index (κ3) is 5.14. The lowest BCUT2D eigenvalue weighted by Gasteiger charge is -2.26. The van der Waals surface area contributed by atoms with Gasteiger partial charge in [0.2, 0.25) is 0 Å². The molecule has 2 heterocycles. The van der Waals surface area contributed by atoms with E-state index in [2.05, 4.69) is 4.99 Å². The van der Waals surface area contributed by atoms with E-state index in [1.807, 2.05) is 38.1 Å². The minimum Gasteiger partial charge on any atom is -0.503 e. The molecule has 0 amide bonds. The number of para-hydroxylation sites is 1. The third-order valence-corrected chi connectivity index (χ3v) is 6.93.